The van der Waals surface area contributed by atoms with Crippen LogP contribution in [0.25, 0.3) is 87.6 Å². The number of rotatable bonds is 3. The van der Waals surface area contributed by atoms with Crippen LogP contribution >= 0.6 is 0 Å². The number of benzene rings is 8. The Hall–Kier alpha value is -5.66. The van der Waals surface area contributed by atoms with Gasteiger partial charge in [0.05, 0.1) is 17.8 Å². The molecule has 0 aliphatic carbocycles. The zero-order valence-electron chi connectivity index (χ0n) is 35.4. The molecule has 0 bridgehead atoms. The monoisotopic (exact) mass is 559 g/mol. The Morgan fingerprint density at radius 1 is 0.419 bits per heavy atom. The second-order valence-electron chi connectivity index (χ2n) is 10.3. The fourth-order valence-electron chi connectivity index (χ4n) is 6.12. The van der Waals surface area contributed by atoms with Crippen molar-refractivity contribution in [1.82, 2.24) is 0 Å². The van der Waals surface area contributed by atoms with E-state index < -0.39 is 84.1 Å². The smallest absolute Gasteiger partial charge is 0.136 e. The van der Waals surface area contributed by atoms with Gasteiger partial charge in [0.2, 0.25) is 0 Å². The molecule has 1 heteroatoms. The van der Waals surface area contributed by atoms with E-state index in [2.05, 4.69) is 0 Å². The molecule has 0 N–H and O–H groups in total. The summed E-state index contributed by atoms with van der Waals surface area (Å²) in [6.07, 6.45) is 0. The molecule has 1 heterocycles. The van der Waals surface area contributed by atoms with Gasteiger partial charge in [0, 0.05) is 10.8 Å². The van der Waals surface area contributed by atoms with Crippen LogP contribution in [0.4, 0.5) is 0 Å². The summed E-state index contributed by atoms with van der Waals surface area (Å²) in [4.78, 5) is 0. The van der Waals surface area contributed by atoms with E-state index in [9.17, 15) is 2.74 Å². The molecule has 1 aromatic heterocycles. The third kappa shape index (κ3) is 3.72. The molecule has 43 heavy (non-hydrogen) atoms. The average molecular weight is 560 g/mol. The first-order chi connectivity index (χ1) is 26.7. The Morgan fingerprint density at radius 3 is 1.67 bits per heavy atom. The molecule has 8 aromatic carbocycles. The van der Waals surface area contributed by atoms with Crippen molar-refractivity contribution in [2.24, 2.45) is 0 Å². The Kier molecular flexibility index (Phi) is 3.18. The fraction of sp³-hybridized carbons (Fsp3) is 0. The third-order valence-electron chi connectivity index (χ3n) is 7.97. The molecule has 0 atom stereocenters. The minimum atomic E-state index is -0.709. The van der Waals surface area contributed by atoms with Gasteiger partial charge < -0.3 is 4.42 Å². The van der Waals surface area contributed by atoms with Gasteiger partial charge >= 0.3 is 0 Å². The predicted octanol–water partition coefficient (Wildman–Crippen LogP) is 12.0. The van der Waals surface area contributed by atoms with Gasteiger partial charge in [-0.3, -0.25) is 0 Å². The summed E-state index contributed by atoms with van der Waals surface area (Å²) in [5.74, 6) is 0. The van der Waals surface area contributed by atoms with Crippen LogP contribution in [0.1, 0.15) is 17.8 Å². The molecule has 0 unspecified atom stereocenters. The molecule has 1 nitrogen and oxygen atoms in total. The Bertz CT molecular complexity index is 3130. The summed E-state index contributed by atoms with van der Waals surface area (Å²) in [5.41, 5.74) is 3.12. The van der Waals surface area contributed by atoms with E-state index in [0.717, 1.165) is 43.8 Å². The molecular formula is C42H26O. The van der Waals surface area contributed by atoms with Crippen molar-refractivity contribution in [3.8, 4) is 33.4 Å². The van der Waals surface area contributed by atoms with Gasteiger partial charge in [-0.15, -0.1) is 0 Å². The number of fused-ring (bicyclic) bond motifs is 6. The largest absolute Gasteiger partial charge is 0.456 e. The van der Waals surface area contributed by atoms with E-state index >= 15 is 0 Å². The zero-order chi connectivity index (χ0) is 39.6. The topological polar surface area (TPSA) is 13.1 Å². The van der Waals surface area contributed by atoms with Crippen LogP contribution in [0.2, 0.25) is 0 Å². The fourth-order valence-corrected chi connectivity index (χ4v) is 6.12. The lowest BCUT2D eigenvalue weighted by Gasteiger charge is -2.18. The minimum Gasteiger partial charge on any atom is -0.456 e. The Labute approximate surface area is 267 Å². The molecule has 9 rings (SSSR count). The number of furan rings is 1. The maximum Gasteiger partial charge on any atom is 0.136 e. The first-order valence-electron chi connectivity index (χ1n) is 20.2. The van der Waals surface area contributed by atoms with Crippen LogP contribution in [0.3, 0.4) is 0 Å². The minimum absolute atomic E-state index is 0.0886. The van der Waals surface area contributed by atoms with Crippen molar-refractivity contribution in [3.63, 3.8) is 0 Å². The van der Waals surface area contributed by atoms with Crippen molar-refractivity contribution in [1.29, 1.82) is 0 Å². The molecule has 0 amide bonds. The van der Waals surface area contributed by atoms with E-state index in [-0.39, 0.29) is 32.7 Å². The molecule has 0 saturated heterocycles. The molecule has 200 valence electrons. The Morgan fingerprint density at radius 2 is 0.977 bits per heavy atom. The van der Waals surface area contributed by atoms with E-state index in [1.807, 2.05) is 66.7 Å². The van der Waals surface area contributed by atoms with Crippen LogP contribution in [-0.2, 0) is 0 Å². The van der Waals surface area contributed by atoms with Crippen molar-refractivity contribution < 1.29 is 22.2 Å². The summed E-state index contributed by atoms with van der Waals surface area (Å²) < 4.78 is 120. The summed E-state index contributed by atoms with van der Waals surface area (Å²) >= 11 is 0. The highest BCUT2D eigenvalue weighted by Crippen LogP contribution is 2.44. The van der Waals surface area contributed by atoms with E-state index in [1.165, 1.54) is 0 Å². The second kappa shape index (κ2) is 9.44. The van der Waals surface area contributed by atoms with Gasteiger partial charge in [0.25, 0.3) is 0 Å². The molecule has 0 fully saturated rings. The van der Waals surface area contributed by atoms with E-state index in [0.29, 0.717) is 5.56 Å². The number of hydrogen-bond acceptors (Lipinski definition) is 1. The molecule has 0 spiro atoms. The molecule has 9 aromatic rings. The van der Waals surface area contributed by atoms with Gasteiger partial charge in [-0.2, -0.15) is 0 Å². The van der Waals surface area contributed by atoms with Crippen LogP contribution in [0.5, 0.6) is 0 Å². The molecule has 0 saturated carbocycles. The van der Waals surface area contributed by atoms with Crippen molar-refractivity contribution >= 4 is 54.3 Å². The molecular weight excluding hydrogens is 520 g/mol. The van der Waals surface area contributed by atoms with Gasteiger partial charge in [0.15, 0.2) is 0 Å². The third-order valence-corrected chi connectivity index (χ3v) is 7.97. The molecule has 0 aliphatic rings. The Balaban J connectivity index is 1.40. The van der Waals surface area contributed by atoms with Crippen molar-refractivity contribution in [2.75, 3.05) is 0 Å². The first-order valence-corrected chi connectivity index (χ1v) is 13.7. The highest BCUT2D eigenvalue weighted by Gasteiger charge is 2.17. The van der Waals surface area contributed by atoms with E-state index in [1.54, 1.807) is 12.1 Å². The predicted molar refractivity (Wildman–Crippen MR) is 183 cm³/mol. The van der Waals surface area contributed by atoms with Gasteiger partial charge in [-0.25, -0.2) is 0 Å². The van der Waals surface area contributed by atoms with Gasteiger partial charge in [0.1, 0.15) is 11.2 Å². The normalized spacial score (nSPS) is 16.0. The highest BCUT2D eigenvalue weighted by atomic mass is 16.3. The van der Waals surface area contributed by atoms with Crippen LogP contribution in [0.15, 0.2) is 162 Å². The SMILES string of the molecule is [2H]c1c([2H])c([2H])c(-c2c3c([2H])c([2H])c([2H])c([2H])c3c(-c3ccc4cc(-c5cccc6oc7ccccc7c56)ccc4c3)c3c([2H])c([2H])c([2H])c([2H])c23)c([2H])c1[2H]. The molecule has 0 aliphatic heterocycles. The van der Waals surface area contributed by atoms with Crippen LogP contribution in [0, 0.1) is 0 Å². The maximum absolute atomic E-state index is 9.20. The second-order valence-corrected chi connectivity index (χ2v) is 10.3. The summed E-state index contributed by atoms with van der Waals surface area (Å²) in [6, 6.07) is 16.7. The summed E-state index contributed by atoms with van der Waals surface area (Å²) in [6.45, 7) is 0. The maximum atomic E-state index is 9.20. The average Bonchev–Trinajstić information content (AvgIpc) is 3.60. The van der Waals surface area contributed by atoms with E-state index in [4.69, 9.17) is 19.5 Å². The summed E-state index contributed by atoms with van der Waals surface area (Å²) in [7, 11) is 0. The molecule has 0 radical (unpaired) electrons. The lowest BCUT2D eigenvalue weighted by atomic mass is 9.85. The lowest BCUT2D eigenvalue weighted by Crippen LogP contribution is -1.90. The van der Waals surface area contributed by atoms with Crippen LogP contribution in [-0.4, -0.2) is 0 Å². The zero-order valence-corrected chi connectivity index (χ0v) is 22.4. The van der Waals surface area contributed by atoms with Gasteiger partial charge in [-0.1, -0.05) is 133 Å². The van der Waals surface area contributed by atoms with Gasteiger partial charge in [-0.05, 0) is 90.0 Å². The van der Waals surface area contributed by atoms with Crippen molar-refractivity contribution in [2.45, 2.75) is 0 Å². The van der Waals surface area contributed by atoms with Crippen molar-refractivity contribution in [3.05, 3.63) is 157 Å². The van der Waals surface area contributed by atoms with Crippen LogP contribution < -0.4 is 0 Å². The lowest BCUT2D eigenvalue weighted by molar-refractivity contribution is 0.669. The highest BCUT2D eigenvalue weighted by molar-refractivity contribution is 6.22. The number of para-hydroxylation sites is 1. The quantitative estimate of drug-likeness (QED) is 0.196. The first kappa shape index (κ1) is 14.5. The number of hydrogen-bond donors (Lipinski definition) is 0. The summed E-state index contributed by atoms with van der Waals surface area (Å²) in [5, 5.41) is 2.79. The standard InChI is InChI=1S/C42H26O/c1-2-11-27(12-3-1)40-33-13-4-6-15-35(33)41(36-16-7-5-14-34(36)40)31-24-22-28-25-30(23-21-29(28)26-31)32-18-10-20-39-42(32)37-17-8-9-19-38(37)43-39/h1-26H/i1D,2D,3D,4D,5D,6D,7D,11D,12D,13D,14D,15D,16D.